The van der Waals surface area contributed by atoms with Crippen molar-refractivity contribution in [3.63, 3.8) is 0 Å². The topological polar surface area (TPSA) is 44.9 Å². The van der Waals surface area contributed by atoms with Crippen LogP contribution in [0, 0.1) is 0 Å². The van der Waals surface area contributed by atoms with Gasteiger partial charge in [-0.15, -0.1) is 0 Å². The van der Waals surface area contributed by atoms with Gasteiger partial charge in [-0.05, 0) is 30.3 Å². The standard InChI is InChI=1S/C16H10ClF3N2O/c17-10-4-5-12-13(8-21-14(12)7-10)15(23)22-11-3-1-2-9(6-11)16(18,19)20/h1-8,21H,(H,22,23). The molecule has 3 aromatic rings. The summed E-state index contributed by atoms with van der Waals surface area (Å²) in [7, 11) is 0. The molecule has 0 saturated carbocycles. The molecule has 0 aliphatic heterocycles. The summed E-state index contributed by atoms with van der Waals surface area (Å²) in [4.78, 5) is 15.2. The highest BCUT2D eigenvalue weighted by molar-refractivity contribution is 6.31. The number of alkyl halides is 3. The van der Waals surface area contributed by atoms with Crippen LogP contribution in [0.25, 0.3) is 10.9 Å². The molecule has 0 unspecified atom stereocenters. The van der Waals surface area contributed by atoms with E-state index >= 15 is 0 Å². The Morgan fingerprint density at radius 1 is 1.13 bits per heavy atom. The summed E-state index contributed by atoms with van der Waals surface area (Å²) in [6.07, 6.45) is -2.97. The summed E-state index contributed by atoms with van der Waals surface area (Å²) >= 11 is 5.87. The number of benzene rings is 2. The van der Waals surface area contributed by atoms with Crippen LogP contribution in [0.5, 0.6) is 0 Å². The van der Waals surface area contributed by atoms with Gasteiger partial charge in [-0.1, -0.05) is 23.7 Å². The molecule has 0 radical (unpaired) electrons. The predicted molar refractivity (Wildman–Crippen MR) is 82.7 cm³/mol. The van der Waals surface area contributed by atoms with E-state index < -0.39 is 17.6 Å². The molecule has 0 fully saturated rings. The Balaban J connectivity index is 1.89. The number of rotatable bonds is 2. The third kappa shape index (κ3) is 3.17. The number of hydrogen-bond donors (Lipinski definition) is 2. The lowest BCUT2D eigenvalue weighted by molar-refractivity contribution is -0.137. The number of aromatic nitrogens is 1. The van der Waals surface area contributed by atoms with E-state index in [1.54, 1.807) is 18.2 Å². The van der Waals surface area contributed by atoms with E-state index in [1.165, 1.54) is 18.3 Å². The first-order valence-corrected chi connectivity index (χ1v) is 6.97. The zero-order chi connectivity index (χ0) is 16.6. The number of H-pyrrole nitrogens is 1. The van der Waals surface area contributed by atoms with Crippen molar-refractivity contribution in [2.75, 3.05) is 5.32 Å². The van der Waals surface area contributed by atoms with Crippen molar-refractivity contribution in [1.82, 2.24) is 4.98 Å². The monoisotopic (exact) mass is 338 g/mol. The fraction of sp³-hybridized carbons (Fsp3) is 0.0625. The number of hydrogen-bond acceptors (Lipinski definition) is 1. The summed E-state index contributed by atoms with van der Waals surface area (Å²) in [5.74, 6) is -0.502. The van der Waals surface area contributed by atoms with Crippen LogP contribution in [0.15, 0.2) is 48.7 Å². The first-order valence-electron chi connectivity index (χ1n) is 6.60. The van der Waals surface area contributed by atoms with Gasteiger partial charge in [-0.3, -0.25) is 4.79 Å². The van der Waals surface area contributed by atoms with Gasteiger partial charge in [0.05, 0.1) is 11.1 Å². The Labute approximate surface area is 134 Å². The number of nitrogens with one attached hydrogen (secondary N) is 2. The van der Waals surface area contributed by atoms with Crippen LogP contribution in [0.1, 0.15) is 15.9 Å². The van der Waals surface area contributed by atoms with Gasteiger partial charge in [0.15, 0.2) is 0 Å². The Hall–Kier alpha value is -2.47. The number of carbonyl (C=O) groups is 1. The van der Waals surface area contributed by atoms with Crippen LogP contribution in [0.2, 0.25) is 5.02 Å². The SMILES string of the molecule is O=C(Nc1cccc(C(F)(F)F)c1)c1c[nH]c2cc(Cl)ccc12. The number of fused-ring (bicyclic) bond motifs is 1. The molecule has 1 aromatic heterocycles. The summed E-state index contributed by atoms with van der Waals surface area (Å²) < 4.78 is 38.1. The lowest BCUT2D eigenvalue weighted by Gasteiger charge is -2.09. The van der Waals surface area contributed by atoms with Crippen LogP contribution in [0.4, 0.5) is 18.9 Å². The maximum Gasteiger partial charge on any atom is 0.416 e. The molecule has 0 aliphatic rings. The molecule has 0 bridgehead atoms. The molecule has 2 N–H and O–H groups in total. The molecule has 1 heterocycles. The first-order chi connectivity index (χ1) is 10.8. The summed E-state index contributed by atoms with van der Waals surface area (Å²) in [6.45, 7) is 0. The molecule has 118 valence electrons. The van der Waals surface area contributed by atoms with Crippen LogP contribution in [0.3, 0.4) is 0 Å². The van der Waals surface area contributed by atoms with Gasteiger partial charge < -0.3 is 10.3 Å². The smallest absolute Gasteiger partial charge is 0.360 e. The van der Waals surface area contributed by atoms with Crippen LogP contribution in [-0.4, -0.2) is 10.9 Å². The zero-order valence-electron chi connectivity index (χ0n) is 11.5. The van der Waals surface area contributed by atoms with Gasteiger partial charge in [0.1, 0.15) is 0 Å². The highest BCUT2D eigenvalue weighted by Crippen LogP contribution is 2.31. The minimum Gasteiger partial charge on any atom is -0.360 e. The van der Waals surface area contributed by atoms with Crippen molar-refractivity contribution in [2.45, 2.75) is 6.18 Å². The quantitative estimate of drug-likeness (QED) is 0.671. The molecule has 1 amide bonds. The number of aromatic amines is 1. The molecule has 3 rings (SSSR count). The Bertz CT molecular complexity index is 886. The number of anilines is 1. The molecule has 3 nitrogen and oxygen atoms in total. The van der Waals surface area contributed by atoms with Crippen LogP contribution in [-0.2, 0) is 6.18 Å². The largest absolute Gasteiger partial charge is 0.416 e. The Morgan fingerprint density at radius 2 is 1.91 bits per heavy atom. The number of amides is 1. The molecule has 7 heteroatoms. The van der Waals surface area contributed by atoms with Crippen molar-refractivity contribution in [2.24, 2.45) is 0 Å². The van der Waals surface area contributed by atoms with E-state index in [1.807, 2.05) is 0 Å². The van der Waals surface area contributed by atoms with E-state index in [0.717, 1.165) is 12.1 Å². The minimum atomic E-state index is -4.46. The van der Waals surface area contributed by atoms with Crippen LogP contribution < -0.4 is 5.32 Å². The third-order valence-electron chi connectivity index (χ3n) is 3.34. The van der Waals surface area contributed by atoms with Gasteiger partial charge in [0.25, 0.3) is 5.91 Å². The van der Waals surface area contributed by atoms with Crippen LogP contribution >= 0.6 is 11.6 Å². The molecular formula is C16H10ClF3N2O. The Kier molecular flexibility index (Phi) is 3.77. The zero-order valence-corrected chi connectivity index (χ0v) is 12.3. The van der Waals surface area contributed by atoms with E-state index in [2.05, 4.69) is 10.3 Å². The third-order valence-corrected chi connectivity index (χ3v) is 3.57. The second-order valence-corrected chi connectivity index (χ2v) is 5.36. The summed E-state index contributed by atoms with van der Waals surface area (Å²) in [6, 6.07) is 9.46. The van der Waals surface area contributed by atoms with Crippen molar-refractivity contribution < 1.29 is 18.0 Å². The van der Waals surface area contributed by atoms with Crippen molar-refractivity contribution in [3.8, 4) is 0 Å². The molecule has 23 heavy (non-hydrogen) atoms. The fourth-order valence-electron chi connectivity index (χ4n) is 2.26. The second kappa shape index (κ2) is 5.62. The minimum absolute atomic E-state index is 0.0770. The van der Waals surface area contributed by atoms with E-state index in [9.17, 15) is 18.0 Å². The van der Waals surface area contributed by atoms with E-state index in [0.29, 0.717) is 21.5 Å². The lowest BCUT2D eigenvalue weighted by Crippen LogP contribution is -2.12. The molecular weight excluding hydrogens is 329 g/mol. The van der Waals surface area contributed by atoms with Gasteiger partial charge in [0, 0.05) is 27.8 Å². The molecule has 0 saturated heterocycles. The number of carbonyl (C=O) groups excluding carboxylic acids is 1. The highest BCUT2D eigenvalue weighted by Gasteiger charge is 2.30. The summed E-state index contributed by atoms with van der Waals surface area (Å²) in [5.41, 5.74) is 0.259. The van der Waals surface area contributed by atoms with Crippen molar-refractivity contribution in [1.29, 1.82) is 0 Å². The normalized spacial score (nSPS) is 11.7. The fourth-order valence-corrected chi connectivity index (χ4v) is 2.43. The number of halogens is 4. The average Bonchev–Trinajstić information content (AvgIpc) is 2.89. The van der Waals surface area contributed by atoms with E-state index in [-0.39, 0.29) is 5.69 Å². The van der Waals surface area contributed by atoms with Crippen molar-refractivity contribution in [3.05, 3.63) is 64.8 Å². The lowest BCUT2D eigenvalue weighted by atomic mass is 10.1. The maximum atomic E-state index is 12.7. The van der Waals surface area contributed by atoms with Gasteiger partial charge in [-0.25, -0.2) is 0 Å². The molecule has 2 aromatic carbocycles. The average molecular weight is 339 g/mol. The maximum absolute atomic E-state index is 12.7. The van der Waals surface area contributed by atoms with Crippen molar-refractivity contribution >= 4 is 34.1 Å². The Morgan fingerprint density at radius 3 is 2.65 bits per heavy atom. The summed E-state index contributed by atoms with van der Waals surface area (Å²) in [5, 5.41) is 3.63. The van der Waals surface area contributed by atoms with Gasteiger partial charge >= 0.3 is 6.18 Å². The highest BCUT2D eigenvalue weighted by atomic mass is 35.5. The van der Waals surface area contributed by atoms with Gasteiger partial charge in [-0.2, -0.15) is 13.2 Å². The second-order valence-electron chi connectivity index (χ2n) is 4.92. The van der Waals surface area contributed by atoms with Gasteiger partial charge in [0.2, 0.25) is 0 Å². The molecule has 0 spiro atoms. The van der Waals surface area contributed by atoms with E-state index in [4.69, 9.17) is 11.6 Å². The molecule has 0 aliphatic carbocycles. The first kappa shape index (κ1) is 15.4. The predicted octanol–water partition coefficient (Wildman–Crippen LogP) is 5.09. The molecule has 0 atom stereocenters.